The van der Waals surface area contributed by atoms with Crippen LogP contribution in [0.15, 0.2) is 41.1 Å². The zero-order valence-corrected chi connectivity index (χ0v) is 18.4. The minimum atomic E-state index is 0.0606. The SMILES string of the molecule is COc1cc(OC(C)C)c(-c2cn3ccc(N4CC[C@H](C)C4)cc3n2)cc1Br. The van der Waals surface area contributed by atoms with Gasteiger partial charge >= 0.3 is 0 Å². The first-order valence-corrected chi connectivity index (χ1v) is 10.5. The molecule has 28 heavy (non-hydrogen) atoms. The fraction of sp³-hybridized carbons (Fsp3) is 0.409. The van der Waals surface area contributed by atoms with E-state index in [1.54, 1.807) is 7.11 Å². The summed E-state index contributed by atoms with van der Waals surface area (Å²) in [4.78, 5) is 7.33. The molecule has 3 heterocycles. The fourth-order valence-electron chi connectivity index (χ4n) is 3.71. The number of halogens is 1. The van der Waals surface area contributed by atoms with Crippen molar-refractivity contribution in [2.24, 2.45) is 5.92 Å². The molecular weight excluding hydrogens is 418 g/mol. The third kappa shape index (κ3) is 3.70. The van der Waals surface area contributed by atoms with Crippen molar-refractivity contribution < 1.29 is 9.47 Å². The number of rotatable bonds is 5. The molecule has 3 aromatic rings. The van der Waals surface area contributed by atoms with Crippen LogP contribution in [0.25, 0.3) is 16.9 Å². The average Bonchev–Trinajstić information content (AvgIpc) is 3.27. The highest BCUT2D eigenvalue weighted by atomic mass is 79.9. The van der Waals surface area contributed by atoms with Crippen molar-refractivity contribution in [2.45, 2.75) is 33.3 Å². The maximum atomic E-state index is 6.05. The lowest BCUT2D eigenvalue weighted by Crippen LogP contribution is -2.18. The molecule has 2 aromatic heterocycles. The van der Waals surface area contributed by atoms with E-state index in [-0.39, 0.29) is 6.10 Å². The molecule has 0 spiro atoms. The summed E-state index contributed by atoms with van der Waals surface area (Å²) in [7, 11) is 1.66. The molecule has 1 aliphatic rings. The molecule has 0 N–H and O–H groups in total. The van der Waals surface area contributed by atoms with Gasteiger partial charge in [-0.1, -0.05) is 6.92 Å². The van der Waals surface area contributed by atoms with E-state index in [2.05, 4.69) is 50.5 Å². The number of pyridine rings is 1. The van der Waals surface area contributed by atoms with Crippen molar-refractivity contribution >= 4 is 27.3 Å². The minimum absolute atomic E-state index is 0.0606. The zero-order valence-electron chi connectivity index (χ0n) is 16.8. The Labute approximate surface area is 174 Å². The molecule has 1 aromatic carbocycles. The van der Waals surface area contributed by atoms with E-state index in [1.807, 2.05) is 32.2 Å². The van der Waals surface area contributed by atoms with Gasteiger partial charge in [-0.25, -0.2) is 4.98 Å². The van der Waals surface area contributed by atoms with Gasteiger partial charge < -0.3 is 18.8 Å². The molecule has 0 amide bonds. The largest absolute Gasteiger partial charge is 0.495 e. The number of ether oxygens (including phenoxy) is 2. The summed E-state index contributed by atoms with van der Waals surface area (Å²) in [6.07, 6.45) is 5.45. The molecule has 5 nitrogen and oxygen atoms in total. The van der Waals surface area contributed by atoms with Gasteiger partial charge in [0.2, 0.25) is 0 Å². The number of anilines is 1. The van der Waals surface area contributed by atoms with Gasteiger partial charge in [-0.3, -0.25) is 0 Å². The number of fused-ring (bicyclic) bond motifs is 1. The van der Waals surface area contributed by atoms with E-state index in [4.69, 9.17) is 14.5 Å². The van der Waals surface area contributed by atoms with Crippen molar-refractivity contribution in [1.82, 2.24) is 9.38 Å². The lowest BCUT2D eigenvalue weighted by Gasteiger charge is -2.17. The van der Waals surface area contributed by atoms with Gasteiger partial charge in [0.05, 0.1) is 23.4 Å². The summed E-state index contributed by atoms with van der Waals surface area (Å²) in [5.74, 6) is 2.26. The van der Waals surface area contributed by atoms with E-state index in [1.165, 1.54) is 12.1 Å². The normalized spacial score (nSPS) is 16.9. The van der Waals surface area contributed by atoms with Crippen molar-refractivity contribution in [1.29, 1.82) is 0 Å². The molecule has 0 bridgehead atoms. The summed E-state index contributed by atoms with van der Waals surface area (Å²) in [5.41, 5.74) is 4.01. The van der Waals surface area contributed by atoms with Crippen LogP contribution in [-0.4, -0.2) is 35.7 Å². The van der Waals surface area contributed by atoms with Gasteiger partial charge in [0.25, 0.3) is 0 Å². The van der Waals surface area contributed by atoms with Crippen LogP contribution < -0.4 is 14.4 Å². The number of methoxy groups -OCH3 is 1. The van der Waals surface area contributed by atoms with Crippen LogP contribution in [0.5, 0.6) is 11.5 Å². The highest BCUT2D eigenvalue weighted by Crippen LogP contribution is 2.39. The number of aromatic nitrogens is 2. The smallest absolute Gasteiger partial charge is 0.139 e. The van der Waals surface area contributed by atoms with E-state index in [9.17, 15) is 0 Å². The van der Waals surface area contributed by atoms with E-state index in [0.29, 0.717) is 0 Å². The van der Waals surface area contributed by atoms with Crippen LogP contribution in [0, 0.1) is 5.92 Å². The second kappa shape index (κ2) is 7.66. The summed E-state index contributed by atoms with van der Waals surface area (Å²) < 4.78 is 14.4. The maximum absolute atomic E-state index is 6.05. The van der Waals surface area contributed by atoms with Crippen LogP contribution in [-0.2, 0) is 0 Å². The maximum Gasteiger partial charge on any atom is 0.139 e. The Bertz CT molecular complexity index is 999. The van der Waals surface area contributed by atoms with E-state index in [0.717, 1.165) is 51.9 Å². The van der Waals surface area contributed by atoms with Gasteiger partial charge in [-0.15, -0.1) is 0 Å². The molecular formula is C22H26BrN3O2. The molecule has 1 fully saturated rings. The molecule has 6 heteroatoms. The number of hydrogen-bond donors (Lipinski definition) is 0. The molecule has 0 radical (unpaired) electrons. The Morgan fingerprint density at radius 2 is 2.04 bits per heavy atom. The summed E-state index contributed by atoms with van der Waals surface area (Å²) in [6.45, 7) is 8.57. The van der Waals surface area contributed by atoms with Gasteiger partial charge in [0.15, 0.2) is 0 Å². The second-order valence-corrected chi connectivity index (χ2v) is 8.62. The first-order valence-electron chi connectivity index (χ1n) is 9.73. The van der Waals surface area contributed by atoms with Crippen molar-refractivity contribution in [3.63, 3.8) is 0 Å². The third-order valence-corrected chi connectivity index (χ3v) is 5.75. The Kier molecular flexibility index (Phi) is 5.23. The topological polar surface area (TPSA) is 39.0 Å². The van der Waals surface area contributed by atoms with Crippen LogP contribution in [0.3, 0.4) is 0 Å². The molecule has 0 unspecified atom stereocenters. The van der Waals surface area contributed by atoms with Crippen LogP contribution >= 0.6 is 15.9 Å². The standard InChI is InChI=1S/C22H26BrN3O2/c1-14(2)28-20-11-21(27-4)18(23)10-17(20)19-13-26-8-6-16(9-22(26)24-19)25-7-5-15(3)12-25/h6,8-11,13-15H,5,7,12H2,1-4H3/t15-/m0/s1. The zero-order chi connectivity index (χ0) is 19.8. The number of imidazole rings is 1. The van der Waals surface area contributed by atoms with Gasteiger partial charge in [-0.05, 0) is 54.2 Å². The first-order chi connectivity index (χ1) is 13.4. The van der Waals surface area contributed by atoms with Crippen LogP contribution in [0.1, 0.15) is 27.2 Å². The molecule has 1 aliphatic heterocycles. The highest BCUT2D eigenvalue weighted by Gasteiger charge is 2.20. The van der Waals surface area contributed by atoms with Crippen LogP contribution in [0.4, 0.5) is 5.69 Å². The Morgan fingerprint density at radius 1 is 1.21 bits per heavy atom. The van der Waals surface area contributed by atoms with Crippen molar-refractivity contribution in [3.05, 3.63) is 41.1 Å². The van der Waals surface area contributed by atoms with Gasteiger partial charge in [-0.2, -0.15) is 0 Å². The molecule has 0 aliphatic carbocycles. The predicted molar refractivity (Wildman–Crippen MR) is 117 cm³/mol. The quantitative estimate of drug-likeness (QED) is 0.528. The van der Waals surface area contributed by atoms with Crippen molar-refractivity contribution in [3.8, 4) is 22.8 Å². The van der Waals surface area contributed by atoms with Crippen LogP contribution in [0.2, 0.25) is 0 Å². The first kappa shape index (κ1) is 19.1. The van der Waals surface area contributed by atoms with E-state index < -0.39 is 0 Å². The molecule has 1 saturated heterocycles. The van der Waals surface area contributed by atoms with Crippen molar-refractivity contribution in [2.75, 3.05) is 25.1 Å². The summed E-state index contributed by atoms with van der Waals surface area (Å²) in [5, 5.41) is 0. The number of benzene rings is 1. The molecule has 148 valence electrons. The summed E-state index contributed by atoms with van der Waals surface area (Å²) in [6, 6.07) is 8.27. The highest BCUT2D eigenvalue weighted by molar-refractivity contribution is 9.10. The van der Waals surface area contributed by atoms with Gasteiger partial charge in [0, 0.05) is 48.9 Å². The monoisotopic (exact) mass is 443 g/mol. The van der Waals surface area contributed by atoms with Gasteiger partial charge in [0.1, 0.15) is 17.1 Å². The minimum Gasteiger partial charge on any atom is -0.495 e. The lowest BCUT2D eigenvalue weighted by molar-refractivity contribution is 0.242. The molecule has 0 saturated carbocycles. The summed E-state index contributed by atoms with van der Waals surface area (Å²) >= 11 is 3.59. The van der Waals surface area contributed by atoms with E-state index >= 15 is 0 Å². The third-order valence-electron chi connectivity index (χ3n) is 5.13. The predicted octanol–water partition coefficient (Wildman–Crippen LogP) is 5.41. The fourth-order valence-corrected chi connectivity index (χ4v) is 4.22. The Hall–Kier alpha value is -2.21. The number of nitrogens with zero attached hydrogens (tertiary/aromatic N) is 3. The molecule has 4 rings (SSSR count). The second-order valence-electron chi connectivity index (χ2n) is 7.77. The number of hydrogen-bond acceptors (Lipinski definition) is 4. The average molecular weight is 444 g/mol. The lowest BCUT2D eigenvalue weighted by atomic mass is 10.1. The Morgan fingerprint density at radius 3 is 2.71 bits per heavy atom. The Balaban J connectivity index is 1.75. The molecule has 1 atom stereocenters.